The van der Waals surface area contributed by atoms with Gasteiger partial charge in [-0.05, 0) is 51.9 Å². The van der Waals surface area contributed by atoms with Crippen LogP contribution in [0.5, 0.6) is 0 Å². The molecule has 1 aliphatic carbocycles. The highest BCUT2D eigenvalue weighted by Gasteiger charge is 2.36. The highest BCUT2D eigenvalue weighted by molar-refractivity contribution is 5.74. The van der Waals surface area contributed by atoms with Crippen LogP contribution in [0.15, 0.2) is 11.0 Å². The van der Waals surface area contributed by atoms with Gasteiger partial charge in [0.15, 0.2) is 5.65 Å². The molecule has 4 rings (SSSR count). The number of nitrogens with zero attached hydrogens (tertiary/aromatic N) is 4. The summed E-state index contributed by atoms with van der Waals surface area (Å²) >= 11 is 0. The zero-order valence-corrected chi connectivity index (χ0v) is 15.6. The van der Waals surface area contributed by atoms with E-state index in [1.54, 1.807) is 6.20 Å². The first kappa shape index (κ1) is 16.6. The monoisotopic (exact) mass is 343 g/mol. The van der Waals surface area contributed by atoms with Gasteiger partial charge in [0.05, 0.1) is 11.7 Å². The van der Waals surface area contributed by atoms with E-state index in [1.807, 2.05) is 4.68 Å². The number of hydrogen-bond donors (Lipinski definition) is 1. The van der Waals surface area contributed by atoms with E-state index in [0.717, 1.165) is 13.1 Å². The summed E-state index contributed by atoms with van der Waals surface area (Å²) in [4.78, 5) is 22.5. The second-order valence-corrected chi connectivity index (χ2v) is 8.90. The number of H-pyrrole nitrogens is 1. The third-order valence-electron chi connectivity index (χ3n) is 6.10. The first-order valence-electron chi connectivity index (χ1n) is 9.62. The van der Waals surface area contributed by atoms with E-state index in [4.69, 9.17) is 4.98 Å². The number of anilines is 1. The second kappa shape index (κ2) is 5.85. The van der Waals surface area contributed by atoms with Crippen molar-refractivity contribution in [2.24, 2.45) is 5.41 Å². The Morgan fingerprint density at radius 3 is 2.40 bits per heavy atom. The van der Waals surface area contributed by atoms with Gasteiger partial charge in [0.2, 0.25) is 5.95 Å². The minimum absolute atomic E-state index is 0.0894. The highest BCUT2D eigenvalue weighted by atomic mass is 16.1. The lowest BCUT2D eigenvalue weighted by Gasteiger charge is -2.44. The van der Waals surface area contributed by atoms with Gasteiger partial charge in [-0.15, -0.1) is 0 Å². The zero-order chi connectivity index (χ0) is 17.7. The fourth-order valence-corrected chi connectivity index (χ4v) is 4.54. The first-order valence-corrected chi connectivity index (χ1v) is 9.62. The van der Waals surface area contributed by atoms with Crippen molar-refractivity contribution in [1.82, 2.24) is 19.7 Å². The summed E-state index contributed by atoms with van der Waals surface area (Å²) in [6.07, 6.45) is 11.0. The van der Waals surface area contributed by atoms with Crippen LogP contribution in [0.1, 0.15) is 65.7 Å². The molecule has 1 spiro atoms. The van der Waals surface area contributed by atoms with Crippen molar-refractivity contribution in [3.05, 3.63) is 16.6 Å². The summed E-state index contributed by atoms with van der Waals surface area (Å²) < 4.78 is 1.85. The molecule has 25 heavy (non-hydrogen) atoms. The number of hydrogen-bond acceptors (Lipinski definition) is 4. The standard InChI is InChI=1S/C19H29N5O/c1-18(2,3)24-15-14(13-20-24)16(25)22-17(21-15)23-11-9-19(10-12-23)7-5-4-6-8-19/h13H,4-12H2,1-3H3,(H,21,22,25). The normalized spacial score (nSPS) is 21.2. The maximum atomic E-state index is 12.5. The molecule has 1 N–H and O–H groups in total. The Bertz CT molecular complexity index is 812. The molecule has 0 atom stereocenters. The lowest BCUT2D eigenvalue weighted by atomic mass is 9.68. The second-order valence-electron chi connectivity index (χ2n) is 8.90. The van der Waals surface area contributed by atoms with Crippen LogP contribution >= 0.6 is 0 Å². The Balaban J connectivity index is 1.63. The molecule has 0 aromatic carbocycles. The van der Waals surface area contributed by atoms with Crippen molar-refractivity contribution >= 4 is 17.0 Å². The Morgan fingerprint density at radius 2 is 1.76 bits per heavy atom. The molecule has 2 aromatic rings. The molecule has 1 saturated carbocycles. The molecular weight excluding hydrogens is 314 g/mol. The molecular formula is C19H29N5O. The van der Waals surface area contributed by atoms with E-state index in [2.05, 4.69) is 35.8 Å². The van der Waals surface area contributed by atoms with E-state index < -0.39 is 0 Å². The average molecular weight is 343 g/mol. The molecule has 0 amide bonds. The maximum Gasteiger partial charge on any atom is 0.263 e. The fraction of sp³-hybridized carbons (Fsp3) is 0.737. The van der Waals surface area contributed by atoms with Crippen LogP contribution in [0.2, 0.25) is 0 Å². The Labute approximate surface area is 148 Å². The van der Waals surface area contributed by atoms with Crippen LogP contribution in [0.25, 0.3) is 11.0 Å². The molecule has 1 saturated heterocycles. The predicted octanol–water partition coefficient (Wildman–Crippen LogP) is 3.43. The molecule has 2 fully saturated rings. The molecule has 6 nitrogen and oxygen atoms in total. The Morgan fingerprint density at radius 1 is 1.08 bits per heavy atom. The van der Waals surface area contributed by atoms with E-state index >= 15 is 0 Å². The topological polar surface area (TPSA) is 66.8 Å². The van der Waals surface area contributed by atoms with Crippen molar-refractivity contribution in [3.8, 4) is 0 Å². The highest BCUT2D eigenvalue weighted by Crippen LogP contribution is 2.44. The predicted molar refractivity (Wildman–Crippen MR) is 100 cm³/mol. The van der Waals surface area contributed by atoms with E-state index in [9.17, 15) is 4.79 Å². The smallest absolute Gasteiger partial charge is 0.263 e. The fourth-order valence-electron chi connectivity index (χ4n) is 4.54. The van der Waals surface area contributed by atoms with Crippen molar-refractivity contribution in [2.75, 3.05) is 18.0 Å². The number of nitrogens with one attached hydrogen (secondary N) is 1. The third-order valence-corrected chi connectivity index (χ3v) is 6.10. The number of aromatic amines is 1. The summed E-state index contributed by atoms with van der Waals surface area (Å²) in [5.41, 5.74) is 0.942. The van der Waals surface area contributed by atoms with Crippen LogP contribution in [0.4, 0.5) is 5.95 Å². The summed E-state index contributed by atoms with van der Waals surface area (Å²) in [6, 6.07) is 0. The molecule has 136 valence electrons. The lowest BCUT2D eigenvalue weighted by molar-refractivity contribution is 0.144. The average Bonchev–Trinajstić information content (AvgIpc) is 3.01. The quantitative estimate of drug-likeness (QED) is 0.861. The summed E-state index contributed by atoms with van der Waals surface area (Å²) in [5, 5.41) is 4.97. The lowest BCUT2D eigenvalue weighted by Crippen LogP contribution is -2.42. The minimum atomic E-state index is -0.201. The molecule has 2 aliphatic rings. The van der Waals surface area contributed by atoms with E-state index in [1.165, 1.54) is 44.9 Å². The molecule has 3 heterocycles. The molecule has 2 aromatic heterocycles. The Kier molecular flexibility index (Phi) is 3.89. The largest absolute Gasteiger partial charge is 0.342 e. The van der Waals surface area contributed by atoms with Crippen LogP contribution in [-0.2, 0) is 5.54 Å². The maximum absolute atomic E-state index is 12.5. The Hall–Kier alpha value is -1.85. The van der Waals surface area contributed by atoms with Gasteiger partial charge in [0.1, 0.15) is 5.39 Å². The van der Waals surface area contributed by atoms with E-state index in [0.29, 0.717) is 22.4 Å². The summed E-state index contributed by atoms with van der Waals surface area (Å²) in [6.45, 7) is 8.21. The zero-order valence-electron chi connectivity index (χ0n) is 15.6. The third kappa shape index (κ3) is 2.96. The minimum Gasteiger partial charge on any atom is -0.342 e. The summed E-state index contributed by atoms with van der Waals surface area (Å²) in [7, 11) is 0. The van der Waals surface area contributed by atoms with Gasteiger partial charge >= 0.3 is 0 Å². The molecule has 0 unspecified atom stereocenters. The van der Waals surface area contributed by atoms with Gasteiger partial charge < -0.3 is 4.90 Å². The first-order chi connectivity index (χ1) is 11.9. The molecule has 6 heteroatoms. The van der Waals surface area contributed by atoms with Gasteiger partial charge in [-0.2, -0.15) is 10.1 Å². The van der Waals surface area contributed by atoms with Gasteiger partial charge in [-0.25, -0.2) is 4.68 Å². The number of fused-ring (bicyclic) bond motifs is 1. The van der Waals surface area contributed by atoms with Crippen LogP contribution in [0.3, 0.4) is 0 Å². The summed E-state index contributed by atoms with van der Waals surface area (Å²) in [5.74, 6) is 0.703. The van der Waals surface area contributed by atoms with Crippen LogP contribution in [-0.4, -0.2) is 32.8 Å². The molecule has 1 aliphatic heterocycles. The molecule has 0 radical (unpaired) electrons. The van der Waals surface area contributed by atoms with E-state index in [-0.39, 0.29) is 11.1 Å². The van der Waals surface area contributed by atoms with Crippen LogP contribution < -0.4 is 10.5 Å². The van der Waals surface area contributed by atoms with Gasteiger partial charge in [-0.3, -0.25) is 9.78 Å². The number of aromatic nitrogens is 4. The SMILES string of the molecule is CC(C)(C)n1ncc2c(=O)[nH]c(N3CCC4(CCCCC4)CC3)nc21. The molecule has 0 bridgehead atoms. The number of rotatable bonds is 1. The van der Waals surface area contributed by atoms with Crippen molar-refractivity contribution in [2.45, 2.75) is 71.3 Å². The van der Waals surface area contributed by atoms with Crippen molar-refractivity contribution < 1.29 is 0 Å². The van der Waals surface area contributed by atoms with Gasteiger partial charge in [-0.1, -0.05) is 19.3 Å². The number of piperidine rings is 1. The van der Waals surface area contributed by atoms with Crippen molar-refractivity contribution in [1.29, 1.82) is 0 Å². The van der Waals surface area contributed by atoms with Gasteiger partial charge in [0, 0.05) is 13.1 Å². The van der Waals surface area contributed by atoms with Crippen molar-refractivity contribution in [3.63, 3.8) is 0 Å². The van der Waals surface area contributed by atoms with Crippen LogP contribution in [0, 0.1) is 5.41 Å². The van der Waals surface area contributed by atoms with Gasteiger partial charge in [0.25, 0.3) is 5.56 Å².